The van der Waals surface area contributed by atoms with Gasteiger partial charge in [0.25, 0.3) is 5.91 Å². The molecule has 2 aliphatic rings. The summed E-state index contributed by atoms with van der Waals surface area (Å²) >= 11 is 0. The summed E-state index contributed by atoms with van der Waals surface area (Å²) in [7, 11) is 0. The summed E-state index contributed by atoms with van der Waals surface area (Å²) in [6, 6.07) is 4.91. The molecule has 0 N–H and O–H groups in total. The van der Waals surface area contributed by atoms with E-state index in [-0.39, 0.29) is 17.9 Å². The number of aryl methyl sites for hydroxylation is 1. The van der Waals surface area contributed by atoms with Crippen LogP contribution in [0.3, 0.4) is 0 Å². The first kappa shape index (κ1) is 20.7. The number of imidazole rings is 1. The highest BCUT2D eigenvalue weighted by molar-refractivity contribution is 5.94. The molecule has 9 nitrogen and oxygen atoms in total. The highest BCUT2D eigenvalue weighted by Gasteiger charge is 2.39. The summed E-state index contributed by atoms with van der Waals surface area (Å²) in [5.74, 6) is 2.68. The lowest BCUT2D eigenvalue weighted by atomic mass is 10.0. The average Bonchev–Trinajstić information content (AvgIpc) is 3.32. The third-order valence-corrected chi connectivity index (χ3v) is 6.32. The highest BCUT2D eigenvalue weighted by atomic mass is 16.5. The van der Waals surface area contributed by atoms with Gasteiger partial charge in [-0.2, -0.15) is 4.98 Å². The SMILES string of the molecule is Cc1nccn1-c1ccc(C(=O)N(C2CC2)C2CCN(c3nc(C(C)C)no3)CC2)cn1. The van der Waals surface area contributed by atoms with Gasteiger partial charge < -0.3 is 14.3 Å². The Bertz CT molecular complexity index is 1080. The van der Waals surface area contributed by atoms with Crippen LogP contribution in [0.15, 0.2) is 35.2 Å². The van der Waals surface area contributed by atoms with E-state index in [0.717, 1.165) is 56.2 Å². The van der Waals surface area contributed by atoms with Crippen molar-refractivity contribution in [1.82, 2.24) is 29.6 Å². The van der Waals surface area contributed by atoms with E-state index in [4.69, 9.17) is 4.52 Å². The van der Waals surface area contributed by atoms with Gasteiger partial charge in [0.2, 0.25) is 0 Å². The summed E-state index contributed by atoms with van der Waals surface area (Å²) in [5.41, 5.74) is 0.638. The summed E-state index contributed by atoms with van der Waals surface area (Å²) in [6.45, 7) is 7.64. The van der Waals surface area contributed by atoms with Crippen LogP contribution in [0, 0.1) is 6.92 Å². The summed E-state index contributed by atoms with van der Waals surface area (Å²) in [6.07, 6.45) is 9.24. The van der Waals surface area contributed by atoms with Gasteiger partial charge in [-0.3, -0.25) is 9.36 Å². The van der Waals surface area contributed by atoms with Gasteiger partial charge in [0.1, 0.15) is 11.6 Å². The summed E-state index contributed by atoms with van der Waals surface area (Å²) < 4.78 is 7.37. The average molecular weight is 436 g/mol. The molecule has 32 heavy (non-hydrogen) atoms. The zero-order chi connectivity index (χ0) is 22.2. The number of hydrogen-bond donors (Lipinski definition) is 0. The van der Waals surface area contributed by atoms with Crippen LogP contribution >= 0.6 is 0 Å². The van der Waals surface area contributed by atoms with Crippen LogP contribution in [0.4, 0.5) is 6.01 Å². The standard InChI is InChI=1S/C23H29N7O2/c1-15(2)21-26-23(32-27-21)28-11-8-19(9-12-28)30(18-5-6-18)22(31)17-4-7-20(25-14-17)29-13-10-24-16(29)3/h4,7,10,13-15,18-19H,5-6,8-9,11-12H2,1-3H3. The van der Waals surface area contributed by atoms with E-state index in [2.05, 4.69) is 43.8 Å². The fourth-order valence-corrected chi connectivity index (χ4v) is 4.33. The molecular formula is C23H29N7O2. The largest absolute Gasteiger partial charge is 0.332 e. The van der Waals surface area contributed by atoms with E-state index in [1.165, 1.54) is 0 Å². The Morgan fingerprint density at radius 2 is 1.88 bits per heavy atom. The van der Waals surface area contributed by atoms with Crippen LogP contribution in [0.1, 0.15) is 67.5 Å². The number of piperidine rings is 1. The first-order valence-electron chi connectivity index (χ1n) is 11.4. The molecule has 3 aromatic heterocycles. The number of carbonyl (C=O) groups is 1. The Hall–Kier alpha value is -3.23. The van der Waals surface area contributed by atoms with Crippen molar-refractivity contribution < 1.29 is 9.32 Å². The zero-order valence-electron chi connectivity index (χ0n) is 18.8. The normalized spacial score (nSPS) is 17.2. The second kappa shape index (κ2) is 8.37. The molecule has 168 valence electrons. The number of carbonyl (C=O) groups excluding carboxylic acids is 1. The van der Waals surface area contributed by atoms with Crippen LogP contribution < -0.4 is 4.90 Å². The van der Waals surface area contributed by atoms with Crippen molar-refractivity contribution in [2.75, 3.05) is 18.0 Å². The highest BCUT2D eigenvalue weighted by Crippen LogP contribution is 2.34. The maximum atomic E-state index is 13.4. The third kappa shape index (κ3) is 3.99. The van der Waals surface area contributed by atoms with E-state index >= 15 is 0 Å². The fourth-order valence-electron chi connectivity index (χ4n) is 4.33. The minimum atomic E-state index is 0.0761. The van der Waals surface area contributed by atoms with Gasteiger partial charge in [0, 0.05) is 49.7 Å². The molecule has 3 aromatic rings. The number of anilines is 1. The Morgan fingerprint density at radius 1 is 1.12 bits per heavy atom. The Morgan fingerprint density at radius 3 is 2.44 bits per heavy atom. The molecule has 0 atom stereocenters. The topological polar surface area (TPSA) is 93.2 Å². The molecule has 0 radical (unpaired) electrons. The number of rotatable bonds is 6. The third-order valence-electron chi connectivity index (χ3n) is 6.32. The molecule has 1 amide bonds. The molecular weight excluding hydrogens is 406 g/mol. The van der Waals surface area contributed by atoms with Crippen LogP contribution in [0.2, 0.25) is 0 Å². The monoisotopic (exact) mass is 435 g/mol. The van der Waals surface area contributed by atoms with E-state index in [1.54, 1.807) is 12.4 Å². The molecule has 0 aromatic carbocycles. The van der Waals surface area contributed by atoms with Crippen molar-refractivity contribution in [3.8, 4) is 5.82 Å². The predicted octanol–water partition coefficient (Wildman–Crippen LogP) is 3.36. The predicted molar refractivity (Wildman–Crippen MR) is 119 cm³/mol. The van der Waals surface area contributed by atoms with E-state index in [1.807, 2.05) is 29.8 Å². The van der Waals surface area contributed by atoms with E-state index in [0.29, 0.717) is 17.6 Å². The molecule has 4 heterocycles. The van der Waals surface area contributed by atoms with Gasteiger partial charge in [-0.25, -0.2) is 9.97 Å². The lowest BCUT2D eigenvalue weighted by molar-refractivity contribution is 0.0629. The molecule has 9 heteroatoms. The molecule has 2 fully saturated rings. The van der Waals surface area contributed by atoms with Gasteiger partial charge in [-0.15, -0.1) is 0 Å². The van der Waals surface area contributed by atoms with Crippen molar-refractivity contribution in [3.05, 3.63) is 47.9 Å². The minimum Gasteiger partial charge on any atom is -0.332 e. The molecule has 1 saturated heterocycles. The molecule has 0 unspecified atom stereocenters. The Balaban J connectivity index is 1.27. The Kier molecular flexibility index (Phi) is 5.40. The first-order valence-corrected chi connectivity index (χ1v) is 11.4. The first-order chi connectivity index (χ1) is 15.5. The zero-order valence-corrected chi connectivity index (χ0v) is 18.8. The van der Waals surface area contributed by atoms with Crippen LogP contribution in [0.5, 0.6) is 0 Å². The smallest absolute Gasteiger partial charge is 0.324 e. The fraction of sp³-hybridized carbons (Fsp3) is 0.522. The summed E-state index contributed by atoms with van der Waals surface area (Å²) in [5, 5.41) is 4.08. The van der Waals surface area contributed by atoms with Gasteiger partial charge in [-0.05, 0) is 44.7 Å². The molecule has 1 aliphatic carbocycles. The van der Waals surface area contributed by atoms with Crippen molar-refractivity contribution in [3.63, 3.8) is 0 Å². The van der Waals surface area contributed by atoms with Gasteiger partial charge in [-0.1, -0.05) is 19.0 Å². The molecule has 1 saturated carbocycles. The maximum Gasteiger partial charge on any atom is 0.324 e. The maximum absolute atomic E-state index is 13.4. The second-order valence-corrected chi connectivity index (χ2v) is 9.00. The lowest BCUT2D eigenvalue weighted by Gasteiger charge is -2.38. The number of hydrogen-bond acceptors (Lipinski definition) is 7. The molecule has 0 bridgehead atoms. The van der Waals surface area contributed by atoms with Crippen molar-refractivity contribution in [2.24, 2.45) is 0 Å². The quantitative estimate of drug-likeness (QED) is 0.586. The lowest BCUT2D eigenvalue weighted by Crippen LogP contribution is -2.48. The van der Waals surface area contributed by atoms with Crippen molar-refractivity contribution >= 4 is 11.9 Å². The summed E-state index contributed by atoms with van der Waals surface area (Å²) in [4.78, 5) is 30.9. The van der Waals surface area contributed by atoms with Gasteiger partial charge in [0.15, 0.2) is 5.82 Å². The number of amides is 1. The molecule has 0 spiro atoms. The van der Waals surface area contributed by atoms with Crippen LogP contribution in [-0.2, 0) is 0 Å². The Labute approximate surface area is 187 Å². The second-order valence-electron chi connectivity index (χ2n) is 9.00. The number of aromatic nitrogens is 5. The number of nitrogens with zero attached hydrogens (tertiary/aromatic N) is 7. The van der Waals surface area contributed by atoms with Crippen molar-refractivity contribution in [2.45, 2.75) is 64.5 Å². The van der Waals surface area contributed by atoms with Gasteiger partial charge >= 0.3 is 6.01 Å². The molecule has 1 aliphatic heterocycles. The van der Waals surface area contributed by atoms with Gasteiger partial charge in [0.05, 0.1) is 5.56 Å². The van der Waals surface area contributed by atoms with E-state index < -0.39 is 0 Å². The van der Waals surface area contributed by atoms with Crippen molar-refractivity contribution in [1.29, 1.82) is 0 Å². The van der Waals surface area contributed by atoms with Crippen LogP contribution in [-0.4, -0.2) is 60.7 Å². The number of pyridine rings is 1. The van der Waals surface area contributed by atoms with E-state index in [9.17, 15) is 4.79 Å². The van der Waals surface area contributed by atoms with Crippen LogP contribution in [0.25, 0.3) is 5.82 Å². The minimum absolute atomic E-state index is 0.0761. The molecule has 5 rings (SSSR count).